The summed E-state index contributed by atoms with van der Waals surface area (Å²) < 4.78 is 52.9. The first-order chi connectivity index (χ1) is 7.29. The zero-order valence-corrected chi connectivity index (χ0v) is 9.35. The van der Waals surface area contributed by atoms with Crippen LogP contribution in [0, 0.1) is 5.92 Å². The van der Waals surface area contributed by atoms with Gasteiger partial charge in [0.2, 0.25) is 0 Å². The molecule has 0 heterocycles. The van der Waals surface area contributed by atoms with Crippen molar-refractivity contribution in [2.75, 3.05) is 13.2 Å². The quantitative estimate of drug-likeness (QED) is 0.390. The molecule has 0 aromatic rings. The molecule has 1 atom stereocenters. The van der Waals surface area contributed by atoms with E-state index < -0.39 is 19.0 Å². The predicted molar refractivity (Wildman–Crippen MR) is 52.3 cm³/mol. The van der Waals surface area contributed by atoms with Gasteiger partial charge in [-0.15, -0.1) is 0 Å². The molecule has 0 aromatic heterocycles. The highest BCUT2D eigenvalue weighted by molar-refractivity contribution is 4.70. The van der Waals surface area contributed by atoms with Gasteiger partial charge in [0.1, 0.15) is 6.61 Å². The van der Waals surface area contributed by atoms with Crippen molar-refractivity contribution < 1.29 is 22.3 Å². The number of halogens is 4. The van der Waals surface area contributed by atoms with Crippen LogP contribution in [0.5, 0.6) is 0 Å². The molecule has 0 radical (unpaired) electrons. The van der Waals surface area contributed by atoms with Crippen LogP contribution in [0.15, 0.2) is 0 Å². The van der Waals surface area contributed by atoms with Crippen LogP contribution in [-0.2, 0) is 4.74 Å². The van der Waals surface area contributed by atoms with Crippen LogP contribution in [0.4, 0.5) is 17.6 Å². The topological polar surface area (TPSA) is 47.3 Å². The summed E-state index contributed by atoms with van der Waals surface area (Å²) in [7, 11) is 0. The lowest BCUT2D eigenvalue weighted by Gasteiger charge is -2.20. The highest BCUT2D eigenvalue weighted by Gasteiger charge is 2.41. The Kier molecular flexibility index (Phi) is 6.85. The third-order valence-corrected chi connectivity index (χ3v) is 1.92. The number of hydrogen-bond donors (Lipinski definition) is 2. The first kappa shape index (κ1) is 15.6. The zero-order valence-electron chi connectivity index (χ0n) is 9.35. The fraction of sp³-hybridized carbons (Fsp3) is 1.00. The average Bonchev–Trinajstić information content (AvgIpc) is 2.15. The SMILES string of the molecule is CC(C)CC(COCC(F)(F)C(F)F)NN. The molecule has 3 N–H and O–H groups in total. The zero-order chi connectivity index (χ0) is 12.8. The Morgan fingerprint density at radius 3 is 2.25 bits per heavy atom. The van der Waals surface area contributed by atoms with E-state index in [-0.39, 0.29) is 12.6 Å². The Hall–Kier alpha value is -0.400. The van der Waals surface area contributed by atoms with Gasteiger partial charge in [-0.1, -0.05) is 13.8 Å². The normalized spacial score (nSPS) is 14.8. The molecule has 0 aliphatic heterocycles. The molecule has 0 fully saturated rings. The number of alkyl halides is 4. The van der Waals surface area contributed by atoms with Crippen molar-refractivity contribution in [1.29, 1.82) is 0 Å². The van der Waals surface area contributed by atoms with Crippen LogP contribution >= 0.6 is 0 Å². The molecule has 16 heavy (non-hydrogen) atoms. The van der Waals surface area contributed by atoms with Gasteiger partial charge in [-0.05, 0) is 12.3 Å². The molecule has 0 aromatic carbocycles. The van der Waals surface area contributed by atoms with E-state index in [1.165, 1.54) is 0 Å². The molecular formula is C9H18F4N2O. The fourth-order valence-electron chi connectivity index (χ4n) is 1.15. The lowest BCUT2D eigenvalue weighted by Crippen LogP contribution is -2.41. The lowest BCUT2D eigenvalue weighted by atomic mass is 10.1. The highest BCUT2D eigenvalue weighted by Crippen LogP contribution is 2.22. The van der Waals surface area contributed by atoms with Crippen LogP contribution in [0.3, 0.4) is 0 Å². The molecule has 0 saturated carbocycles. The third-order valence-electron chi connectivity index (χ3n) is 1.92. The largest absolute Gasteiger partial charge is 0.373 e. The number of nitrogens with one attached hydrogen (secondary N) is 1. The maximum Gasteiger partial charge on any atom is 0.330 e. The molecule has 0 bridgehead atoms. The maximum atomic E-state index is 12.4. The summed E-state index contributed by atoms with van der Waals surface area (Å²) in [5, 5.41) is 0. The average molecular weight is 246 g/mol. The van der Waals surface area contributed by atoms with E-state index in [0.717, 1.165) is 0 Å². The van der Waals surface area contributed by atoms with Gasteiger partial charge in [0.05, 0.1) is 6.61 Å². The van der Waals surface area contributed by atoms with Crippen molar-refractivity contribution >= 4 is 0 Å². The molecule has 7 heteroatoms. The minimum Gasteiger partial charge on any atom is -0.373 e. The third kappa shape index (κ3) is 6.24. The Bertz CT molecular complexity index is 190. The maximum absolute atomic E-state index is 12.4. The van der Waals surface area contributed by atoms with E-state index in [2.05, 4.69) is 10.2 Å². The van der Waals surface area contributed by atoms with Crippen LogP contribution in [0.2, 0.25) is 0 Å². The summed E-state index contributed by atoms with van der Waals surface area (Å²) in [6.45, 7) is 2.45. The van der Waals surface area contributed by atoms with Crippen LogP contribution in [0.25, 0.3) is 0 Å². The summed E-state index contributed by atoms with van der Waals surface area (Å²) in [6, 6.07) is -0.312. The number of nitrogens with two attached hydrogens (primary N) is 1. The smallest absolute Gasteiger partial charge is 0.330 e. The molecular weight excluding hydrogens is 228 g/mol. The van der Waals surface area contributed by atoms with E-state index in [0.29, 0.717) is 12.3 Å². The van der Waals surface area contributed by atoms with E-state index in [1.807, 2.05) is 13.8 Å². The molecule has 0 aliphatic carbocycles. The molecule has 0 amide bonds. The second-order valence-electron chi connectivity index (χ2n) is 4.07. The molecule has 0 rings (SSSR count). The summed E-state index contributed by atoms with van der Waals surface area (Å²) in [6.07, 6.45) is -3.08. The predicted octanol–water partition coefficient (Wildman–Crippen LogP) is 1.78. The standard InChI is InChI=1S/C9H18F4N2O/c1-6(2)3-7(15-14)4-16-5-9(12,13)8(10)11/h6-8,15H,3-5,14H2,1-2H3. The minimum absolute atomic E-state index is 0.114. The number of hydrogen-bond acceptors (Lipinski definition) is 3. The van der Waals surface area contributed by atoms with E-state index in [4.69, 9.17) is 5.84 Å². The summed E-state index contributed by atoms with van der Waals surface area (Å²) >= 11 is 0. The summed E-state index contributed by atoms with van der Waals surface area (Å²) in [5.74, 6) is 1.37. The number of ether oxygens (including phenoxy) is 1. The van der Waals surface area contributed by atoms with Crippen LogP contribution in [-0.4, -0.2) is 31.6 Å². The fourth-order valence-corrected chi connectivity index (χ4v) is 1.15. The van der Waals surface area contributed by atoms with Crippen molar-refractivity contribution in [2.24, 2.45) is 11.8 Å². The van der Waals surface area contributed by atoms with Gasteiger partial charge in [0.25, 0.3) is 0 Å². The summed E-state index contributed by atoms with van der Waals surface area (Å²) in [4.78, 5) is 0. The number of hydrazine groups is 1. The van der Waals surface area contributed by atoms with Gasteiger partial charge >= 0.3 is 12.3 Å². The van der Waals surface area contributed by atoms with Crippen molar-refractivity contribution in [2.45, 2.75) is 38.7 Å². The van der Waals surface area contributed by atoms with E-state index >= 15 is 0 Å². The lowest BCUT2D eigenvalue weighted by molar-refractivity contribution is -0.167. The number of rotatable bonds is 8. The second kappa shape index (κ2) is 7.03. The monoisotopic (exact) mass is 246 g/mol. The minimum atomic E-state index is -4.10. The van der Waals surface area contributed by atoms with Crippen LogP contribution < -0.4 is 11.3 Å². The molecule has 1 unspecified atom stereocenters. The first-order valence-corrected chi connectivity index (χ1v) is 4.99. The molecule has 0 spiro atoms. The second-order valence-corrected chi connectivity index (χ2v) is 4.07. The molecule has 0 aliphatic rings. The van der Waals surface area contributed by atoms with Gasteiger partial charge < -0.3 is 4.74 Å². The van der Waals surface area contributed by atoms with Crippen molar-refractivity contribution in [3.05, 3.63) is 0 Å². The van der Waals surface area contributed by atoms with Gasteiger partial charge in [-0.25, -0.2) is 8.78 Å². The highest BCUT2D eigenvalue weighted by atomic mass is 19.3. The van der Waals surface area contributed by atoms with Gasteiger partial charge in [-0.2, -0.15) is 8.78 Å². The Labute approximate surface area is 92.3 Å². The molecule has 3 nitrogen and oxygen atoms in total. The Morgan fingerprint density at radius 2 is 1.88 bits per heavy atom. The van der Waals surface area contributed by atoms with E-state index in [9.17, 15) is 17.6 Å². The summed E-state index contributed by atoms with van der Waals surface area (Å²) in [5.41, 5.74) is 2.39. The molecule has 98 valence electrons. The molecule has 0 saturated heterocycles. The Balaban J connectivity index is 3.86. The van der Waals surface area contributed by atoms with Crippen molar-refractivity contribution in [3.8, 4) is 0 Å². The Morgan fingerprint density at radius 1 is 1.31 bits per heavy atom. The van der Waals surface area contributed by atoms with Crippen molar-refractivity contribution in [1.82, 2.24) is 5.43 Å². The van der Waals surface area contributed by atoms with Crippen LogP contribution in [0.1, 0.15) is 20.3 Å². The van der Waals surface area contributed by atoms with E-state index in [1.54, 1.807) is 0 Å². The van der Waals surface area contributed by atoms with Gasteiger partial charge in [0.15, 0.2) is 0 Å². The first-order valence-electron chi connectivity index (χ1n) is 4.99. The van der Waals surface area contributed by atoms with Gasteiger partial charge in [-0.3, -0.25) is 11.3 Å². The van der Waals surface area contributed by atoms with Gasteiger partial charge in [0, 0.05) is 6.04 Å². The van der Waals surface area contributed by atoms with Crippen molar-refractivity contribution in [3.63, 3.8) is 0 Å².